The van der Waals surface area contributed by atoms with Crippen LogP contribution in [0.2, 0.25) is 5.02 Å². The molecule has 114 valence electrons. The minimum atomic E-state index is 0. The molecule has 20 heavy (non-hydrogen) atoms. The molecule has 1 aliphatic carbocycles. The Balaban J connectivity index is 0.00000200. The molecule has 0 aliphatic heterocycles. The maximum Gasteiger partial charge on any atom is 0.123 e. The van der Waals surface area contributed by atoms with Gasteiger partial charge < -0.3 is 15.0 Å². The van der Waals surface area contributed by atoms with E-state index in [0.717, 1.165) is 42.9 Å². The molecule has 0 spiro atoms. The lowest BCUT2D eigenvalue weighted by Gasteiger charge is -2.19. The van der Waals surface area contributed by atoms with Gasteiger partial charge in [0, 0.05) is 30.2 Å². The molecule has 0 aromatic heterocycles. The lowest BCUT2D eigenvalue weighted by Crippen LogP contribution is -2.27. The molecule has 0 unspecified atom stereocenters. The van der Waals surface area contributed by atoms with Crippen molar-refractivity contribution in [2.75, 3.05) is 33.8 Å². The largest absolute Gasteiger partial charge is 0.493 e. The number of ether oxygens (including phenoxy) is 1. The first-order valence-electron chi connectivity index (χ1n) is 6.93. The third-order valence-electron chi connectivity index (χ3n) is 3.38. The van der Waals surface area contributed by atoms with Crippen molar-refractivity contribution in [1.29, 1.82) is 0 Å². The summed E-state index contributed by atoms with van der Waals surface area (Å²) in [5.41, 5.74) is 1.17. The minimum Gasteiger partial charge on any atom is -0.493 e. The van der Waals surface area contributed by atoms with Gasteiger partial charge in [-0.05, 0) is 51.1 Å². The number of nitrogens with zero attached hydrogens (tertiary/aromatic N) is 1. The van der Waals surface area contributed by atoms with Gasteiger partial charge in [0.05, 0.1) is 6.61 Å². The number of hydrogen-bond donors (Lipinski definition) is 1. The van der Waals surface area contributed by atoms with Gasteiger partial charge in [0.2, 0.25) is 0 Å². The van der Waals surface area contributed by atoms with Crippen LogP contribution in [0.3, 0.4) is 0 Å². The van der Waals surface area contributed by atoms with Gasteiger partial charge >= 0.3 is 0 Å². The molecule has 3 nitrogen and oxygen atoms in total. The van der Waals surface area contributed by atoms with Crippen LogP contribution in [0.5, 0.6) is 5.75 Å². The first kappa shape index (κ1) is 17.6. The average molecular weight is 319 g/mol. The quantitative estimate of drug-likeness (QED) is 0.796. The number of halogens is 2. The molecule has 0 heterocycles. The Hall–Kier alpha value is -0.480. The molecule has 5 heteroatoms. The summed E-state index contributed by atoms with van der Waals surface area (Å²) in [5.74, 6) is 1.75. The summed E-state index contributed by atoms with van der Waals surface area (Å²) in [6.45, 7) is 3.69. The molecule has 1 aromatic rings. The number of nitrogens with one attached hydrogen (secondary N) is 1. The van der Waals surface area contributed by atoms with Gasteiger partial charge in [-0.25, -0.2) is 0 Å². The van der Waals surface area contributed by atoms with Gasteiger partial charge in [-0.2, -0.15) is 0 Å². The second-order valence-electron chi connectivity index (χ2n) is 5.35. The molecule has 1 N–H and O–H groups in total. The normalized spacial score (nSPS) is 14.2. The van der Waals surface area contributed by atoms with Crippen molar-refractivity contribution in [2.24, 2.45) is 5.92 Å². The van der Waals surface area contributed by atoms with E-state index in [4.69, 9.17) is 16.3 Å². The number of rotatable bonds is 8. The molecule has 1 aliphatic rings. The Morgan fingerprint density at radius 3 is 2.80 bits per heavy atom. The van der Waals surface area contributed by atoms with E-state index in [0.29, 0.717) is 0 Å². The molecule has 1 fully saturated rings. The zero-order chi connectivity index (χ0) is 13.7. The third kappa shape index (κ3) is 5.88. The van der Waals surface area contributed by atoms with Crippen LogP contribution in [-0.2, 0) is 6.54 Å². The summed E-state index contributed by atoms with van der Waals surface area (Å²) in [6.07, 6.45) is 2.62. The number of hydrogen-bond acceptors (Lipinski definition) is 3. The van der Waals surface area contributed by atoms with E-state index in [1.165, 1.54) is 18.4 Å². The van der Waals surface area contributed by atoms with Crippen molar-refractivity contribution in [2.45, 2.75) is 19.4 Å². The van der Waals surface area contributed by atoms with Gasteiger partial charge in [-0.1, -0.05) is 11.6 Å². The molecule has 0 bridgehead atoms. The Morgan fingerprint density at radius 1 is 1.40 bits per heavy atom. The summed E-state index contributed by atoms with van der Waals surface area (Å²) < 4.78 is 5.92. The lowest BCUT2D eigenvalue weighted by atomic mass is 10.2. The molecule has 0 atom stereocenters. The molecule has 2 rings (SSSR count). The van der Waals surface area contributed by atoms with E-state index < -0.39 is 0 Å². The number of likely N-dealkylation sites (N-methyl/N-ethyl adjacent to an activating group) is 2. The average Bonchev–Trinajstić information content (AvgIpc) is 3.19. The van der Waals surface area contributed by atoms with Gasteiger partial charge in [0.25, 0.3) is 0 Å². The van der Waals surface area contributed by atoms with Crippen LogP contribution in [0.1, 0.15) is 18.4 Å². The van der Waals surface area contributed by atoms with E-state index in [1.54, 1.807) is 0 Å². The standard InChI is InChI=1S/C15H23ClN2O.ClH/c1-17-7-8-18(2)10-13-9-14(16)5-6-15(13)19-11-12-3-4-12;/h5-6,9,12,17H,3-4,7-8,10-11H2,1-2H3;1H. The predicted octanol–water partition coefficient (Wildman–Crippen LogP) is 3.20. The van der Waals surface area contributed by atoms with Gasteiger partial charge in [0.15, 0.2) is 0 Å². The Kier molecular flexibility index (Phi) is 7.67. The molecular weight excluding hydrogens is 295 g/mol. The highest BCUT2D eigenvalue weighted by Crippen LogP contribution is 2.31. The van der Waals surface area contributed by atoms with Crippen molar-refractivity contribution in [3.63, 3.8) is 0 Å². The smallest absolute Gasteiger partial charge is 0.123 e. The second kappa shape index (κ2) is 8.73. The lowest BCUT2D eigenvalue weighted by molar-refractivity contribution is 0.282. The van der Waals surface area contributed by atoms with Gasteiger partial charge in [-0.15, -0.1) is 12.4 Å². The van der Waals surface area contributed by atoms with Crippen LogP contribution in [0.4, 0.5) is 0 Å². The van der Waals surface area contributed by atoms with Crippen LogP contribution >= 0.6 is 24.0 Å². The summed E-state index contributed by atoms with van der Waals surface area (Å²) in [4.78, 5) is 2.27. The second-order valence-corrected chi connectivity index (χ2v) is 5.78. The maximum absolute atomic E-state index is 6.09. The van der Waals surface area contributed by atoms with Crippen molar-refractivity contribution in [3.05, 3.63) is 28.8 Å². The molecule has 1 saturated carbocycles. The SMILES string of the molecule is CNCCN(C)Cc1cc(Cl)ccc1OCC1CC1.Cl. The first-order valence-corrected chi connectivity index (χ1v) is 7.31. The Labute approximate surface area is 133 Å². The van der Waals surface area contributed by atoms with E-state index in [-0.39, 0.29) is 12.4 Å². The summed E-state index contributed by atoms with van der Waals surface area (Å²) in [7, 11) is 4.08. The topological polar surface area (TPSA) is 24.5 Å². The monoisotopic (exact) mass is 318 g/mol. The fourth-order valence-electron chi connectivity index (χ4n) is 1.98. The van der Waals surface area contributed by atoms with Crippen LogP contribution in [0.25, 0.3) is 0 Å². The van der Waals surface area contributed by atoms with E-state index in [9.17, 15) is 0 Å². The van der Waals surface area contributed by atoms with Crippen LogP contribution in [-0.4, -0.2) is 38.7 Å². The molecule has 1 aromatic carbocycles. The Bertz CT molecular complexity index is 411. The summed E-state index contributed by atoms with van der Waals surface area (Å²) in [5, 5.41) is 3.93. The van der Waals surface area contributed by atoms with Crippen LogP contribution in [0.15, 0.2) is 18.2 Å². The zero-order valence-corrected chi connectivity index (χ0v) is 13.8. The Morgan fingerprint density at radius 2 is 2.15 bits per heavy atom. The van der Waals surface area contributed by atoms with Gasteiger partial charge in [-0.3, -0.25) is 0 Å². The van der Waals surface area contributed by atoms with E-state index in [1.807, 2.05) is 25.2 Å². The van der Waals surface area contributed by atoms with Crippen LogP contribution < -0.4 is 10.1 Å². The van der Waals surface area contributed by atoms with Gasteiger partial charge in [0.1, 0.15) is 5.75 Å². The highest BCUT2D eigenvalue weighted by Gasteiger charge is 2.22. The molecule has 0 saturated heterocycles. The highest BCUT2D eigenvalue weighted by atomic mass is 35.5. The van der Waals surface area contributed by atoms with Crippen molar-refractivity contribution in [1.82, 2.24) is 10.2 Å². The van der Waals surface area contributed by atoms with Crippen molar-refractivity contribution in [3.8, 4) is 5.75 Å². The fraction of sp³-hybridized carbons (Fsp3) is 0.600. The molecule has 0 amide bonds. The summed E-state index contributed by atoms with van der Waals surface area (Å²) in [6, 6.07) is 5.91. The summed E-state index contributed by atoms with van der Waals surface area (Å²) >= 11 is 6.09. The van der Waals surface area contributed by atoms with E-state index in [2.05, 4.69) is 17.3 Å². The fourth-order valence-corrected chi connectivity index (χ4v) is 2.17. The molecule has 0 radical (unpaired) electrons. The zero-order valence-electron chi connectivity index (χ0n) is 12.2. The van der Waals surface area contributed by atoms with E-state index >= 15 is 0 Å². The maximum atomic E-state index is 6.09. The number of benzene rings is 1. The predicted molar refractivity (Wildman–Crippen MR) is 87.2 cm³/mol. The molecular formula is C15H24Cl2N2O. The minimum absolute atomic E-state index is 0. The van der Waals surface area contributed by atoms with Crippen molar-refractivity contribution < 1.29 is 4.74 Å². The van der Waals surface area contributed by atoms with Crippen LogP contribution in [0, 0.1) is 5.92 Å². The first-order chi connectivity index (χ1) is 9.19. The van der Waals surface area contributed by atoms with Crippen molar-refractivity contribution >= 4 is 24.0 Å². The highest BCUT2D eigenvalue weighted by molar-refractivity contribution is 6.30. The third-order valence-corrected chi connectivity index (χ3v) is 3.61.